The van der Waals surface area contributed by atoms with Crippen LogP contribution >= 0.6 is 0 Å². The predicted molar refractivity (Wildman–Crippen MR) is 88.2 cm³/mol. The van der Waals surface area contributed by atoms with Gasteiger partial charge in [-0.1, -0.05) is 0 Å². The molecule has 0 radical (unpaired) electrons. The van der Waals surface area contributed by atoms with Crippen LogP contribution in [0.15, 0.2) is 21.9 Å². The van der Waals surface area contributed by atoms with E-state index in [1.807, 2.05) is 13.8 Å². The molecule has 1 aliphatic heterocycles. The van der Waals surface area contributed by atoms with Gasteiger partial charge in [0.1, 0.15) is 5.65 Å². The molecule has 1 aliphatic rings. The summed E-state index contributed by atoms with van der Waals surface area (Å²) in [6, 6.07) is 1.50. The third-order valence-corrected chi connectivity index (χ3v) is 4.10. The summed E-state index contributed by atoms with van der Waals surface area (Å²) in [5.74, 6) is -0.194. The molecule has 0 saturated carbocycles. The van der Waals surface area contributed by atoms with Crippen LogP contribution in [0.5, 0.6) is 0 Å². The quantitative estimate of drug-likeness (QED) is 0.856. The molecule has 128 valence electrons. The second-order valence-electron chi connectivity index (χ2n) is 6.07. The Morgan fingerprint density at radius 1 is 1.33 bits per heavy atom. The molecule has 1 N–H and O–H groups in total. The molecule has 1 saturated heterocycles. The number of carbonyl (C=O) groups is 1. The summed E-state index contributed by atoms with van der Waals surface area (Å²) in [5.41, 5.74) is -0.426. The number of hydrogen-bond donors (Lipinski definition) is 1. The predicted octanol–water partition coefficient (Wildman–Crippen LogP) is 0.354. The molecule has 3 heterocycles. The molecule has 0 aromatic carbocycles. The summed E-state index contributed by atoms with van der Waals surface area (Å²) >= 11 is 0. The van der Waals surface area contributed by atoms with E-state index in [1.165, 1.54) is 16.8 Å². The van der Waals surface area contributed by atoms with Gasteiger partial charge in [0.2, 0.25) is 0 Å². The van der Waals surface area contributed by atoms with Crippen molar-refractivity contribution in [3.63, 3.8) is 0 Å². The number of morpholine rings is 1. The topological polar surface area (TPSA) is 97.3 Å². The van der Waals surface area contributed by atoms with Crippen molar-refractivity contribution >= 4 is 16.9 Å². The molecule has 1 fully saturated rings. The maximum atomic E-state index is 12.7. The molecular weight excluding hydrogens is 312 g/mol. The van der Waals surface area contributed by atoms with Gasteiger partial charge in [-0.3, -0.25) is 19.1 Å². The first-order chi connectivity index (χ1) is 11.4. The van der Waals surface area contributed by atoms with Crippen LogP contribution in [0.25, 0.3) is 11.0 Å². The van der Waals surface area contributed by atoms with Gasteiger partial charge < -0.3 is 9.64 Å². The summed E-state index contributed by atoms with van der Waals surface area (Å²) < 4.78 is 7.00. The monoisotopic (exact) mass is 332 g/mol. The fourth-order valence-corrected chi connectivity index (χ4v) is 3.10. The van der Waals surface area contributed by atoms with E-state index in [0.29, 0.717) is 25.2 Å². The number of rotatable bonds is 2. The molecule has 8 heteroatoms. The highest BCUT2D eigenvalue weighted by Crippen LogP contribution is 2.15. The summed E-state index contributed by atoms with van der Waals surface area (Å²) in [4.78, 5) is 44.7. The zero-order valence-corrected chi connectivity index (χ0v) is 13.9. The Bertz CT molecular complexity index is 891. The van der Waals surface area contributed by atoms with E-state index in [0.717, 1.165) is 0 Å². The fraction of sp³-hybridized carbons (Fsp3) is 0.500. The second-order valence-corrected chi connectivity index (χ2v) is 6.07. The van der Waals surface area contributed by atoms with Gasteiger partial charge in [-0.15, -0.1) is 0 Å². The lowest BCUT2D eigenvalue weighted by atomic mass is 10.1. The molecule has 2 atom stereocenters. The van der Waals surface area contributed by atoms with Gasteiger partial charge in [-0.25, -0.2) is 9.78 Å². The van der Waals surface area contributed by atoms with E-state index in [2.05, 4.69) is 9.97 Å². The molecule has 2 aromatic heterocycles. The molecular formula is C16H20N4O4. The number of hydrogen-bond acceptors (Lipinski definition) is 5. The van der Waals surface area contributed by atoms with Crippen molar-refractivity contribution in [3.05, 3.63) is 38.7 Å². The minimum absolute atomic E-state index is 0.0419. The highest BCUT2D eigenvalue weighted by Gasteiger charge is 2.27. The Balaban J connectivity index is 2.03. The Kier molecular flexibility index (Phi) is 4.23. The lowest BCUT2D eigenvalue weighted by molar-refractivity contribution is -0.0586. The number of amides is 1. The number of pyridine rings is 1. The van der Waals surface area contributed by atoms with E-state index in [9.17, 15) is 14.4 Å². The van der Waals surface area contributed by atoms with Crippen LogP contribution in [0.1, 0.15) is 31.1 Å². The number of H-pyrrole nitrogens is 1. The summed E-state index contributed by atoms with van der Waals surface area (Å²) in [5, 5.41) is 0.233. The minimum Gasteiger partial charge on any atom is -0.372 e. The zero-order chi connectivity index (χ0) is 17.4. The largest absolute Gasteiger partial charge is 0.372 e. The van der Waals surface area contributed by atoms with Crippen molar-refractivity contribution in [1.82, 2.24) is 19.4 Å². The average molecular weight is 332 g/mol. The van der Waals surface area contributed by atoms with Crippen LogP contribution in [0, 0.1) is 0 Å². The zero-order valence-electron chi connectivity index (χ0n) is 13.9. The number of ether oxygens (including phenoxy) is 1. The van der Waals surface area contributed by atoms with Gasteiger partial charge in [0.05, 0.1) is 23.2 Å². The lowest BCUT2D eigenvalue weighted by Crippen LogP contribution is -2.48. The Hall–Kier alpha value is -2.48. The van der Waals surface area contributed by atoms with Gasteiger partial charge >= 0.3 is 5.69 Å². The van der Waals surface area contributed by atoms with Crippen LogP contribution in [-0.4, -0.2) is 50.6 Å². The second kappa shape index (κ2) is 6.20. The van der Waals surface area contributed by atoms with Crippen molar-refractivity contribution in [2.45, 2.75) is 39.5 Å². The molecule has 1 amide bonds. The van der Waals surface area contributed by atoms with Gasteiger partial charge in [0.25, 0.3) is 11.5 Å². The number of nitrogens with zero attached hydrogens (tertiary/aromatic N) is 3. The number of fused-ring (bicyclic) bond motifs is 1. The molecule has 0 aliphatic carbocycles. The maximum Gasteiger partial charge on any atom is 0.329 e. The highest BCUT2D eigenvalue weighted by molar-refractivity contribution is 5.96. The summed E-state index contributed by atoms with van der Waals surface area (Å²) in [6.07, 6.45) is 1.33. The van der Waals surface area contributed by atoms with Crippen molar-refractivity contribution < 1.29 is 9.53 Å². The number of aryl methyl sites for hydroxylation is 1. The number of carbonyl (C=O) groups excluding carboxylic acids is 1. The molecule has 2 aromatic rings. The van der Waals surface area contributed by atoms with E-state index in [4.69, 9.17) is 4.74 Å². The van der Waals surface area contributed by atoms with Gasteiger partial charge in [-0.05, 0) is 26.8 Å². The highest BCUT2D eigenvalue weighted by atomic mass is 16.5. The Morgan fingerprint density at radius 2 is 2.00 bits per heavy atom. The Morgan fingerprint density at radius 3 is 2.62 bits per heavy atom. The van der Waals surface area contributed by atoms with Crippen molar-refractivity contribution in [2.24, 2.45) is 0 Å². The van der Waals surface area contributed by atoms with Crippen LogP contribution in [0.2, 0.25) is 0 Å². The molecule has 0 unspecified atom stereocenters. The van der Waals surface area contributed by atoms with Crippen molar-refractivity contribution in [3.8, 4) is 0 Å². The van der Waals surface area contributed by atoms with Gasteiger partial charge in [-0.2, -0.15) is 0 Å². The van der Waals surface area contributed by atoms with E-state index in [-0.39, 0.29) is 29.1 Å². The van der Waals surface area contributed by atoms with E-state index < -0.39 is 11.2 Å². The Labute approximate surface area is 138 Å². The van der Waals surface area contributed by atoms with Gasteiger partial charge in [0.15, 0.2) is 0 Å². The van der Waals surface area contributed by atoms with Crippen LogP contribution < -0.4 is 11.2 Å². The third kappa shape index (κ3) is 2.84. The van der Waals surface area contributed by atoms with E-state index in [1.54, 1.807) is 11.8 Å². The third-order valence-electron chi connectivity index (χ3n) is 4.10. The van der Waals surface area contributed by atoms with Gasteiger partial charge in [0, 0.05) is 25.8 Å². The van der Waals surface area contributed by atoms with Crippen LogP contribution in [0.3, 0.4) is 0 Å². The maximum absolute atomic E-state index is 12.7. The molecule has 3 rings (SSSR count). The summed E-state index contributed by atoms with van der Waals surface area (Å²) in [7, 11) is 0. The first-order valence-electron chi connectivity index (χ1n) is 7.98. The molecule has 0 bridgehead atoms. The standard InChI is InChI=1S/C16H20N4O4/c1-4-20-13-12(14(21)18-16(20)23)5-11(6-17-13)15(22)19-7-9(2)24-10(3)8-19/h5-6,9-10H,4,7-8H2,1-3H3,(H,18,21,23)/t9-,10-/m0/s1. The molecule has 24 heavy (non-hydrogen) atoms. The van der Waals surface area contributed by atoms with Crippen molar-refractivity contribution in [1.29, 1.82) is 0 Å². The SMILES string of the molecule is CCn1c(=O)[nH]c(=O)c2cc(C(=O)N3C[C@H](C)O[C@@H](C)C3)cnc21. The minimum atomic E-state index is -0.537. The number of aromatic amines is 1. The number of aromatic nitrogens is 3. The first kappa shape index (κ1) is 16.4. The lowest BCUT2D eigenvalue weighted by Gasteiger charge is -2.35. The van der Waals surface area contributed by atoms with Crippen molar-refractivity contribution in [2.75, 3.05) is 13.1 Å². The smallest absolute Gasteiger partial charge is 0.329 e. The van der Waals surface area contributed by atoms with E-state index >= 15 is 0 Å². The van der Waals surface area contributed by atoms with Crippen LogP contribution in [-0.2, 0) is 11.3 Å². The normalized spacial score (nSPS) is 21.2. The number of nitrogens with one attached hydrogen (secondary N) is 1. The fourth-order valence-electron chi connectivity index (χ4n) is 3.10. The summed E-state index contributed by atoms with van der Waals surface area (Å²) in [6.45, 7) is 6.98. The van der Waals surface area contributed by atoms with Crippen LogP contribution in [0.4, 0.5) is 0 Å². The molecule has 8 nitrogen and oxygen atoms in total. The molecule has 0 spiro atoms. The first-order valence-corrected chi connectivity index (χ1v) is 7.98. The average Bonchev–Trinajstić information content (AvgIpc) is 2.53.